The van der Waals surface area contributed by atoms with Gasteiger partial charge in [0, 0.05) is 0 Å². The summed E-state index contributed by atoms with van der Waals surface area (Å²) in [6.45, 7) is 0.302. The number of allylic oxidation sites excluding steroid dienone is 1. The van der Waals surface area contributed by atoms with E-state index in [1.54, 1.807) is 6.08 Å². The number of aliphatic hydroxyl groups excluding tert-OH is 1. The number of carbonyl (C=O) groups excluding carboxylic acids is 1. The van der Waals surface area contributed by atoms with E-state index < -0.39 is 6.10 Å². The number of aliphatic hydroxyl groups is 1. The normalized spacial score (nSPS) is 23.4. The van der Waals surface area contributed by atoms with Crippen molar-refractivity contribution in [2.45, 2.75) is 25.6 Å². The Kier molecular flexibility index (Phi) is 3.94. The van der Waals surface area contributed by atoms with E-state index in [2.05, 4.69) is 0 Å². The first-order valence-corrected chi connectivity index (χ1v) is 5.81. The lowest BCUT2D eigenvalue weighted by atomic mass is 9.93. The molecular weight excluding hydrogens is 216 g/mol. The molecule has 0 heterocycles. The molecule has 0 bridgehead atoms. The number of hydrogen-bond donors (Lipinski definition) is 1. The molecule has 2 atom stereocenters. The Labute approximate surface area is 101 Å². The zero-order chi connectivity index (χ0) is 12.1. The van der Waals surface area contributed by atoms with Crippen molar-refractivity contribution in [2.24, 2.45) is 5.92 Å². The Morgan fingerprint density at radius 1 is 1.35 bits per heavy atom. The fourth-order valence-electron chi connectivity index (χ4n) is 1.91. The van der Waals surface area contributed by atoms with Gasteiger partial charge in [0.25, 0.3) is 0 Å². The number of esters is 1. The molecule has 0 spiro atoms. The highest BCUT2D eigenvalue weighted by atomic mass is 16.5. The van der Waals surface area contributed by atoms with Crippen molar-refractivity contribution >= 4 is 5.97 Å². The molecule has 3 heteroatoms. The molecule has 1 aromatic rings. The summed E-state index contributed by atoms with van der Waals surface area (Å²) >= 11 is 0. The molecule has 17 heavy (non-hydrogen) atoms. The van der Waals surface area contributed by atoms with Gasteiger partial charge in [-0.15, -0.1) is 0 Å². The van der Waals surface area contributed by atoms with Crippen molar-refractivity contribution in [1.29, 1.82) is 0 Å². The molecular formula is C14H16O3. The summed E-state index contributed by atoms with van der Waals surface area (Å²) in [5.74, 6) is -0.434. The van der Waals surface area contributed by atoms with E-state index in [4.69, 9.17) is 4.74 Å². The minimum Gasteiger partial charge on any atom is -0.461 e. The van der Waals surface area contributed by atoms with Crippen LogP contribution in [0.15, 0.2) is 42.5 Å². The Bertz CT molecular complexity index is 397. The maximum absolute atomic E-state index is 11.7. The largest absolute Gasteiger partial charge is 0.461 e. The second kappa shape index (κ2) is 5.64. The number of hydrogen-bond acceptors (Lipinski definition) is 3. The second-order valence-corrected chi connectivity index (χ2v) is 4.26. The van der Waals surface area contributed by atoms with Crippen LogP contribution >= 0.6 is 0 Å². The van der Waals surface area contributed by atoms with Crippen LogP contribution in [-0.4, -0.2) is 17.2 Å². The van der Waals surface area contributed by atoms with Crippen LogP contribution in [0.1, 0.15) is 18.4 Å². The van der Waals surface area contributed by atoms with Crippen LogP contribution in [0, 0.1) is 5.92 Å². The van der Waals surface area contributed by atoms with Crippen LogP contribution in [0.4, 0.5) is 0 Å². The van der Waals surface area contributed by atoms with Gasteiger partial charge in [-0.25, -0.2) is 0 Å². The van der Waals surface area contributed by atoms with Crippen molar-refractivity contribution in [3.05, 3.63) is 48.0 Å². The van der Waals surface area contributed by atoms with Crippen molar-refractivity contribution in [3.63, 3.8) is 0 Å². The summed E-state index contributed by atoms with van der Waals surface area (Å²) in [6.07, 6.45) is 4.16. The summed E-state index contributed by atoms with van der Waals surface area (Å²) in [6, 6.07) is 9.59. The highest BCUT2D eigenvalue weighted by Crippen LogP contribution is 2.20. The van der Waals surface area contributed by atoms with Gasteiger partial charge in [-0.05, 0) is 18.4 Å². The third kappa shape index (κ3) is 3.43. The van der Waals surface area contributed by atoms with E-state index >= 15 is 0 Å². The molecule has 0 saturated heterocycles. The molecule has 1 aromatic carbocycles. The highest BCUT2D eigenvalue weighted by molar-refractivity contribution is 5.73. The molecule has 0 fully saturated rings. The van der Waals surface area contributed by atoms with Crippen molar-refractivity contribution in [1.82, 2.24) is 0 Å². The SMILES string of the molecule is O=C(OCc1ccccc1)C1CC=CC(O)C1. The molecule has 1 N–H and O–H groups in total. The first-order valence-electron chi connectivity index (χ1n) is 5.81. The minimum atomic E-state index is -0.516. The van der Waals surface area contributed by atoms with E-state index in [0.29, 0.717) is 19.4 Å². The first kappa shape index (κ1) is 11.9. The van der Waals surface area contributed by atoms with E-state index in [9.17, 15) is 9.90 Å². The Balaban J connectivity index is 1.84. The van der Waals surface area contributed by atoms with Crippen molar-refractivity contribution in [2.75, 3.05) is 0 Å². The van der Waals surface area contributed by atoms with Crippen LogP contribution in [0.5, 0.6) is 0 Å². The molecule has 0 aliphatic heterocycles. The van der Waals surface area contributed by atoms with Gasteiger partial charge < -0.3 is 9.84 Å². The quantitative estimate of drug-likeness (QED) is 0.641. The summed E-state index contributed by atoms with van der Waals surface area (Å²) in [7, 11) is 0. The maximum atomic E-state index is 11.7. The predicted molar refractivity (Wildman–Crippen MR) is 64.1 cm³/mol. The van der Waals surface area contributed by atoms with Gasteiger partial charge >= 0.3 is 5.97 Å². The lowest BCUT2D eigenvalue weighted by molar-refractivity contribution is -0.150. The molecule has 90 valence electrons. The topological polar surface area (TPSA) is 46.5 Å². The molecule has 1 aliphatic rings. The zero-order valence-electron chi connectivity index (χ0n) is 9.58. The van der Waals surface area contributed by atoms with Gasteiger partial charge in [-0.2, -0.15) is 0 Å². The van der Waals surface area contributed by atoms with Gasteiger partial charge in [-0.1, -0.05) is 42.5 Å². The minimum absolute atomic E-state index is 0.210. The van der Waals surface area contributed by atoms with Gasteiger partial charge in [0.15, 0.2) is 0 Å². The van der Waals surface area contributed by atoms with Gasteiger partial charge in [-0.3, -0.25) is 4.79 Å². The summed E-state index contributed by atoms with van der Waals surface area (Å²) in [4.78, 5) is 11.7. The summed E-state index contributed by atoms with van der Waals surface area (Å²) < 4.78 is 5.23. The lowest BCUT2D eigenvalue weighted by Crippen LogP contribution is -2.24. The molecule has 0 radical (unpaired) electrons. The van der Waals surface area contributed by atoms with Gasteiger partial charge in [0.2, 0.25) is 0 Å². The number of rotatable bonds is 3. The number of carbonyl (C=O) groups is 1. The number of benzene rings is 1. The molecule has 1 aliphatic carbocycles. The first-order chi connectivity index (χ1) is 8.25. The molecule has 2 unspecified atom stereocenters. The van der Waals surface area contributed by atoms with Gasteiger partial charge in [0.05, 0.1) is 12.0 Å². The van der Waals surface area contributed by atoms with Crippen LogP contribution in [-0.2, 0) is 16.1 Å². The third-order valence-electron chi connectivity index (χ3n) is 2.86. The monoisotopic (exact) mass is 232 g/mol. The van der Waals surface area contributed by atoms with E-state index in [1.807, 2.05) is 36.4 Å². The molecule has 2 rings (SSSR count). The van der Waals surface area contributed by atoms with Crippen molar-refractivity contribution < 1.29 is 14.6 Å². The lowest BCUT2D eigenvalue weighted by Gasteiger charge is -2.19. The van der Waals surface area contributed by atoms with Crippen LogP contribution in [0.3, 0.4) is 0 Å². The summed E-state index contributed by atoms with van der Waals surface area (Å²) in [5.41, 5.74) is 0.979. The Morgan fingerprint density at radius 3 is 2.82 bits per heavy atom. The van der Waals surface area contributed by atoms with Crippen molar-refractivity contribution in [3.8, 4) is 0 Å². The molecule has 0 saturated carbocycles. The zero-order valence-corrected chi connectivity index (χ0v) is 9.58. The smallest absolute Gasteiger partial charge is 0.309 e. The summed E-state index contributed by atoms with van der Waals surface area (Å²) in [5, 5.41) is 9.42. The van der Waals surface area contributed by atoms with Gasteiger partial charge in [0.1, 0.15) is 6.61 Å². The maximum Gasteiger partial charge on any atom is 0.309 e. The average molecular weight is 232 g/mol. The predicted octanol–water partition coefficient (Wildman–Crippen LogP) is 2.06. The molecule has 0 amide bonds. The van der Waals surface area contributed by atoms with E-state index in [1.165, 1.54) is 0 Å². The standard InChI is InChI=1S/C14H16O3/c15-13-8-4-7-12(9-13)14(16)17-10-11-5-2-1-3-6-11/h1-6,8,12-13,15H,7,9-10H2. The Hall–Kier alpha value is -1.61. The molecule has 0 aromatic heterocycles. The number of ether oxygens (including phenoxy) is 1. The van der Waals surface area contributed by atoms with Crippen LogP contribution in [0.25, 0.3) is 0 Å². The fourth-order valence-corrected chi connectivity index (χ4v) is 1.91. The van der Waals surface area contributed by atoms with E-state index in [-0.39, 0.29) is 11.9 Å². The Morgan fingerprint density at radius 2 is 2.12 bits per heavy atom. The average Bonchev–Trinajstić information content (AvgIpc) is 2.37. The third-order valence-corrected chi connectivity index (χ3v) is 2.86. The second-order valence-electron chi connectivity index (χ2n) is 4.26. The highest BCUT2D eigenvalue weighted by Gasteiger charge is 2.24. The molecule has 3 nitrogen and oxygen atoms in total. The van der Waals surface area contributed by atoms with E-state index in [0.717, 1.165) is 5.56 Å². The van der Waals surface area contributed by atoms with Crippen LogP contribution < -0.4 is 0 Å². The van der Waals surface area contributed by atoms with Crippen LogP contribution in [0.2, 0.25) is 0 Å². The fraction of sp³-hybridized carbons (Fsp3) is 0.357.